The molecule has 0 fully saturated rings. The fraction of sp³-hybridized carbons (Fsp3) is 0.118. The Balaban J connectivity index is 1.62. The van der Waals surface area contributed by atoms with Gasteiger partial charge < -0.3 is 10.6 Å². The van der Waals surface area contributed by atoms with Crippen LogP contribution in [0.4, 0.5) is 10.1 Å². The van der Waals surface area contributed by atoms with E-state index in [-0.39, 0.29) is 23.5 Å². The molecule has 138 valence electrons. The van der Waals surface area contributed by atoms with Gasteiger partial charge in [0.2, 0.25) is 5.91 Å². The van der Waals surface area contributed by atoms with E-state index in [9.17, 15) is 18.8 Å². The van der Waals surface area contributed by atoms with Crippen molar-refractivity contribution in [1.82, 2.24) is 25.3 Å². The molecule has 0 saturated heterocycles. The van der Waals surface area contributed by atoms with Crippen LogP contribution in [0.1, 0.15) is 10.5 Å². The molecule has 3 rings (SSSR count). The third-order valence-electron chi connectivity index (χ3n) is 3.67. The molecule has 3 aromatic rings. The molecule has 0 unspecified atom stereocenters. The maximum absolute atomic E-state index is 14.3. The maximum atomic E-state index is 14.3. The minimum absolute atomic E-state index is 0.175. The lowest BCUT2D eigenvalue weighted by atomic mass is 10.1. The molecule has 0 saturated carbocycles. The van der Waals surface area contributed by atoms with Crippen LogP contribution < -0.4 is 16.2 Å². The van der Waals surface area contributed by atoms with Crippen molar-refractivity contribution < 1.29 is 14.0 Å². The number of benzene rings is 1. The summed E-state index contributed by atoms with van der Waals surface area (Å²) >= 11 is 0. The summed E-state index contributed by atoms with van der Waals surface area (Å²) in [6, 6.07) is 8.20. The van der Waals surface area contributed by atoms with Crippen LogP contribution in [-0.2, 0) is 11.8 Å². The molecule has 1 aromatic carbocycles. The van der Waals surface area contributed by atoms with Gasteiger partial charge in [0.25, 0.3) is 11.5 Å². The molecule has 0 bridgehead atoms. The molecule has 0 aliphatic carbocycles. The van der Waals surface area contributed by atoms with E-state index in [0.29, 0.717) is 5.69 Å². The van der Waals surface area contributed by atoms with Gasteiger partial charge in [-0.3, -0.25) is 19.1 Å². The van der Waals surface area contributed by atoms with Gasteiger partial charge in [-0.05, 0) is 30.3 Å². The number of nitrogens with one attached hydrogen (secondary N) is 3. The van der Waals surface area contributed by atoms with Crippen molar-refractivity contribution in [2.45, 2.75) is 0 Å². The molecule has 10 heteroatoms. The van der Waals surface area contributed by atoms with Gasteiger partial charge in [-0.1, -0.05) is 0 Å². The molecular formula is C17H15FN6O3. The Morgan fingerprint density at radius 2 is 2.04 bits per heavy atom. The molecule has 0 aliphatic rings. The lowest BCUT2D eigenvalue weighted by Gasteiger charge is -2.09. The second-order valence-electron chi connectivity index (χ2n) is 5.57. The SMILES string of the molecule is Cn1nccc1C(=O)NCC(=O)Nc1ccc(-c2ccc(=O)[nH]n2)c(F)c1. The third-order valence-corrected chi connectivity index (χ3v) is 3.67. The molecule has 2 aromatic heterocycles. The summed E-state index contributed by atoms with van der Waals surface area (Å²) in [7, 11) is 1.61. The summed E-state index contributed by atoms with van der Waals surface area (Å²) in [5, 5.41) is 14.8. The first-order valence-corrected chi connectivity index (χ1v) is 7.86. The molecule has 3 N–H and O–H groups in total. The summed E-state index contributed by atoms with van der Waals surface area (Å²) in [6.45, 7) is -0.283. The van der Waals surface area contributed by atoms with E-state index in [1.807, 2.05) is 0 Å². The van der Waals surface area contributed by atoms with Gasteiger partial charge in [-0.2, -0.15) is 10.2 Å². The van der Waals surface area contributed by atoms with Crippen molar-refractivity contribution in [3.05, 3.63) is 64.5 Å². The number of nitrogens with zero attached hydrogens (tertiary/aromatic N) is 3. The Morgan fingerprint density at radius 1 is 1.22 bits per heavy atom. The van der Waals surface area contributed by atoms with E-state index in [1.165, 1.54) is 41.2 Å². The number of hydrogen-bond acceptors (Lipinski definition) is 5. The number of rotatable bonds is 5. The van der Waals surface area contributed by atoms with Crippen molar-refractivity contribution in [2.24, 2.45) is 7.05 Å². The predicted molar refractivity (Wildman–Crippen MR) is 94.4 cm³/mol. The summed E-state index contributed by atoms with van der Waals surface area (Å²) in [5.74, 6) is -1.58. The van der Waals surface area contributed by atoms with Crippen molar-refractivity contribution in [3.8, 4) is 11.3 Å². The number of H-pyrrole nitrogens is 1. The average Bonchev–Trinajstić information content (AvgIpc) is 3.07. The Morgan fingerprint density at radius 3 is 2.67 bits per heavy atom. The summed E-state index contributed by atoms with van der Waals surface area (Å²) in [6.07, 6.45) is 1.47. The topological polar surface area (TPSA) is 122 Å². The molecule has 2 amide bonds. The number of aryl methyl sites for hydroxylation is 1. The average molecular weight is 370 g/mol. The zero-order valence-electron chi connectivity index (χ0n) is 14.2. The predicted octanol–water partition coefficient (Wildman–Crippen LogP) is 0.678. The second-order valence-corrected chi connectivity index (χ2v) is 5.57. The number of amides is 2. The van der Waals surface area contributed by atoms with E-state index >= 15 is 0 Å². The number of halogens is 1. The number of carbonyl (C=O) groups excluding carboxylic acids is 2. The van der Waals surface area contributed by atoms with E-state index in [1.54, 1.807) is 7.05 Å². The zero-order chi connectivity index (χ0) is 19.4. The highest BCUT2D eigenvalue weighted by Crippen LogP contribution is 2.22. The normalized spacial score (nSPS) is 10.4. The number of anilines is 1. The van der Waals surface area contributed by atoms with Crippen LogP contribution >= 0.6 is 0 Å². The Hall–Kier alpha value is -3.82. The van der Waals surface area contributed by atoms with Crippen LogP contribution in [0, 0.1) is 5.82 Å². The molecule has 2 heterocycles. The summed E-state index contributed by atoms with van der Waals surface area (Å²) in [4.78, 5) is 34.9. The van der Waals surface area contributed by atoms with E-state index < -0.39 is 23.2 Å². The van der Waals surface area contributed by atoms with Crippen molar-refractivity contribution >= 4 is 17.5 Å². The first-order chi connectivity index (χ1) is 12.9. The minimum atomic E-state index is -0.619. The van der Waals surface area contributed by atoms with Gasteiger partial charge in [-0.25, -0.2) is 9.49 Å². The highest BCUT2D eigenvalue weighted by atomic mass is 19.1. The largest absolute Gasteiger partial charge is 0.342 e. The van der Waals surface area contributed by atoms with Crippen molar-refractivity contribution in [3.63, 3.8) is 0 Å². The highest BCUT2D eigenvalue weighted by Gasteiger charge is 2.13. The van der Waals surface area contributed by atoms with Crippen molar-refractivity contribution in [2.75, 3.05) is 11.9 Å². The molecule has 0 spiro atoms. The number of hydrogen-bond donors (Lipinski definition) is 3. The van der Waals surface area contributed by atoms with Crippen LogP contribution in [0.2, 0.25) is 0 Å². The Kier molecular flexibility index (Phi) is 5.06. The number of aromatic amines is 1. The van der Waals surface area contributed by atoms with Crippen LogP contribution in [0.15, 0.2) is 47.4 Å². The monoisotopic (exact) mass is 370 g/mol. The molecule has 9 nitrogen and oxygen atoms in total. The molecule has 0 radical (unpaired) electrons. The van der Waals surface area contributed by atoms with Crippen LogP contribution in [0.5, 0.6) is 0 Å². The minimum Gasteiger partial charge on any atom is -0.342 e. The van der Waals surface area contributed by atoms with E-state index in [0.717, 1.165) is 6.07 Å². The summed E-state index contributed by atoms with van der Waals surface area (Å²) in [5.41, 5.74) is 0.574. The Labute approximate surface area is 152 Å². The standard InChI is InChI=1S/C17H15FN6O3/c1-24-14(6-7-20-24)17(27)19-9-16(26)21-10-2-3-11(12(18)8-10)13-4-5-15(25)23-22-13/h2-8H,9H2,1H3,(H,19,27)(H,21,26)(H,23,25). The molecule has 0 atom stereocenters. The van der Waals surface area contributed by atoms with Crippen LogP contribution in [0.25, 0.3) is 11.3 Å². The first-order valence-electron chi connectivity index (χ1n) is 7.86. The maximum Gasteiger partial charge on any atom is 0.269 e. The van der Waals surface area contributed by atoms with E-state index in [4.69, 9.17) is 0 Å². The quantitative estimate of drug-likeness (QED) is 0.610. The highest BCUT2D eigenvalue weighted by molar-refractivity contribution is 5.98. The molecular weight excluding hydrogens is 355 g/mol. The first kappa shape index (κ1) is 18.0. The fourth-order valence-corrected chi connectivity index (χ4v) is 2.35. The number of aromatic nitrogens is 4. The van der Waals surface area contributed by atoms with Crippen LogP contribution in [-0.4, -0.2) is 38.3 Å². The van der Waals surface area contributed by atoms with Crippen molar-refractivity contribution in [1.29, 1.82) is 0 Å². The van der Waals surface area contributed by atoms with Gasteiger partial charge in [0.15, 0.2) is 0 Å². The lowest BCUT2D eigenvalue weighted by molar-refractivity contribution is -0.115. The fourth-order valence-electron chi connectivity index (χ4n) is 2.35. The zero-order valence-corrected chi connectivity index (χ0v) is 14.2. The Bertz CT molecular complexity index is 1040. The molecule has 0 aliphatic heterocycles. The van der Waals surface area contributed by atoms with Gasteiger partial charge in [0.05, 0.1) is 12.2 Å². The number of carbonyl (C=O) groups is 2. The van der Waals surface area contributed by atoms with Gasteiger partial charge in [-0.15, -0.1) is 0 Å². The van der Waals surface area contributed by atoms with Gasteiger partial charge >= 0.3 is 0 Å². The van der Waals surface area contributed by atoms with Gasteiger partial charge in [0, 0.05) is 30.6 Å². The smallest absolute Gasteiger partial charge is 0.269 e. The second kappa shape index (κ2) is 7.60. The van der Waals surface area contributed by atoms with Crippen LogP contribution in [0.3, 0.4) is 0 Å². The summed E-state index contributed by atoms with van der Waals surface area (Å²) < 4.78 is 15.6. The third kappa shape index (κ3) is 4.24. The lowest BCUT2D eigenvalue weighted by Crippen LogP contribution is -2.33. The van der Waals surface area contributed by atoms with Gasteiger partial charge in [0.1, 0.15) is 11.5 Å². The molecule has 27 heavy (non-hydrogen) atoms. The van der Waals surface area contributed by atoms with E-state index in [2.05, 4.69) is 25.9 Å².